The first-order valence-corrected chi connectivity index (χ1v) is 9.78. The van der Waals surface area contributed by atoms with Gasteiger partial charge in [-0.2, -0.15) is 0 Å². The van der Waals surface area contributed by atoms with E-state index in [-0.39, 0.29) is 20.3 Å². The lowest BCUT2D eigenvalue weighted by molar-refractivity contribution is 0.0958. The van der Waals surface area contributed by atoms with Crippen molar-refractivity contribution in [3.05, 3.63) is 70.7 Å². The number of halogens is 2. The number of fused-ring (bicyclic) bond motifs is 1. The first-order valence-electron chi connectivity index (χ1n) is 8.99. The highest BCUT2D eigenvalue weighted by Gasteiger charge is 2.11. The summed E-state index contributed by atoms with van der Waals surface area (Å²) in [5.41, 5.74) is 2.59. The second-order valence-corrected chi connectivity index (χ2v) is 7.31. The molecule has 0 aliphatic heterocycles. The molecule has 0 spiro atoms. The zero-order chi connectivity index (χ0) is 21.3. The minimum absolute atomic E-state index is 0. The molecule has 0 saturated carbocycles. The van der Waals surface area contributed by atoms with E-state index < -0.39 is 0 Å². The molecule has 2 aromatic heterocycles. The van der Waals surface area contributed by atoms with Gasteiger partial charge >= 0.3 is 0 Å². The lowest BCUT2D eigenvalue weighted by Gasteiger charge is -2.07. The van der Waals surface area contributed by atoms with Crippen molar-refractivity contribution in [1.29, 1.82) is 0 Å². The number of nitrogens with zero attached hydrogens (tertiary/aromatic N) is 3. The van der Waals surface area contributed by atoms with Gasteiger partial charge in [0.1, 0.15) is 23.0 Å². The van der Waals surface area contributed by atoms with Crippen molar-refractivity contribution in [2.45, 2.75) is 0 Å². The standard InChI is InChI=1S/C21H17BrFN5O2.2H2/c1-24-20(29)18-11-14(7-8-25-18)30-13-4-6-19-17(10-13)27-21(28(19)2)26-12-3-5-16(23)15(22)9-12;;/h3-11H,1-2H3,(H,24,29)(H,26,27);2*1H. The van der Waals surface area contributed by atoms with Crippen LogP contribution in [0.2, 0.25) is 0 Å². The van der Waals surface area contributed by atoms with Crippen LogP contribution in [-0.4, -0.2) is 27.5 Å². The number of anilines is 2. The predicted octanol–water partition coefficient (Wildman–Crippen LogP) is 5.26. The summed E-state index contributed by atoms with van der Waals surface area (Å²) >= 11 is 3.18. The molecule has 0 atom stereocenters. The summed E-state index contributed by atoms with van der Waals surface area (Å²) in [4.78, 5) is 20.4. The lowest BCUT2D eigenvalue weighted by atomic mass is 10.3. The van der Waals surface area contributed by atoms with Crippen LogP contribution in [0.15, 0.2) is 59.2 Å². The van der Waals surface area contributed by atoms with E-state index in [0.717, 1.165) is 11.0 Å². The molecule has 0 aliphatic rings. The van der Waals surface area contributed by atoms with E-state index in [1.165, 1.54) is 12.3 Å². The number of benzene rings is 2. The normalized spacial score (nSPS) is 10.8. The fourth-order valence-corrected chi connectivity index (χ4v) is 3.30. The minimum Gasteiger partial charge on any atom is -0.457 e. The minimum atomic E-state index is -0.331. The summed E-state index contributed by atoms with van der Waals surface area (Å²) in [6.07, 6.45) is 1.52. The van der Waals surface area contributed by atoms with Gasteiger partial charge < -0.3 is 19.9 Å². The van der Waals surface area contributed by atoms with E-state index in [2.05, 4.69) is 36.5 Å². The summed E-state index contributed by atoms with van der Waals surface area (Å²) in [6.45, 7) is 0. The largest absolute Gasteiger partial charge is 0.457 e. The number of pyridine rings is 1. The Labute approximate surface area is 183 Å². The van der Waals surface area contributed by atoms with Crippen LogP contribution in [0.1, 0.15) is 13.3 Å². The van der Waals surface area contributed by atoms with E-state index in [1.54, 1.807) is 37.4 Å². The molecule has 0 saturated heterocycles. The third-order valence-electron chi connectivity index (χ3n) is 4.45. The number of aromatic nitrogens is 3. The molecule has 0 radical (unpaired) electrons. The first kappa shape index (κ1) is 19.8. The zero-order valence-electron chi connectivity index (χ0n) is 16.1. The second kappa shape index (κ2) is 8.11. The maximum atomic E-state index is 13.5. The van der Waals surface area contributed by atoms with Gasteiger partial charge in [0.05, 0.1) is 15.5 Å². The number of hydrogen-bond acceptors (Lipinski definition) is 5. The van der Waals surface area contributed by atoms with Crippen molar-refractivity contribution in [1.82, 2.24) is 19.9 Å². The van der Waals surface area contributed by atoms with Crippen molar-refractivity contribution < 1.29 is 16.8 Å². The number of nitrogens with one attached hydrogen (secondary N) is 2. The van der Waals surface area contributed by atoms with E-state index in [0.29, 0.717) is 27.6 Å². The Morgan fingerprint density at radius 1 is 1.17 bits per heavy atom. The summed E-state index contributed by atoms with van der Waals surface area (Å²) < 4.78 is 21.6. The maximum Gasteiger partial charge on any atom is 0.269 e. The van der Waals surface area contributed by atoms with Crippen LogP contribution >= 0.6 is 15.9 Å². The van der Waals surface area contributed by atoms with Gasteiger partial charge in [-0.1, -0.05) is 0 Å². The quantitative estimate of drug-likeness (QED) is 0.413. The van der Waals surface area contributed by atoms with Crippen LogP contribution in [0, 0.1) is 5.82 Å². The zero-order valence-corrected chi connectivity index (χ0v) is 17.7. The molecule has 0 aliphatic carbocycles. The van der Waals surface area contributed by atoms with E-state index in [9.17, 15) is 9.18 Å². The molecule has 0 bridgehead atoms. The Morgan fingerprint density at radius 2 is 1.97 bits per heavy atom. The molecule has 1 amide bonds. The van der Waals surface area contributed by atoms with E-state index >= 15 is 0 Å². The topological polar surface area (TPSA) is 81.1 Å². The molecule has 2 N–H and O–H groups in total. The molecular formula is C21H21BrFN5O2. The third kappa shape index (κ3) is 3.97. The van der Waals surface area contributed by atoms with Crippen LogP contribution in [0.4, 0.5) is 16.0 Å². The van der Waals surface area contributed by atoms with Crippen molar-refractivity contribution in [3.63, 3.8) is 0 Å². The number of ether oxygens (including phenoxy) is 1. The number of hydrogen-bond donors (Lipinski definition) is 2. The monoisotopic (exact) mass is 473 g/mol. The Hall–Kier alpha value is -3.46. The van der Waals surface area contributed by atoms with Gasteiger partial charge in [-0.05, 0) is 52.3 Å². The molecular weight excluding hydrogens is 453 g/mol. The average Bonchev–Trinajstić information content (AvgIpc) is 3.05. The highest BCUT2D eigenvalue weighted by molar-refractivity contribution is 9.10. The maximum absolute atomic E-state index is 13.5. The second-order valence-electron chi connectivity index (χ2n) is 6.46. The summed E-state index contributed by atoms with van der Waals surface area (Å²) in [5.74, 6) is 1.05. The van der Waals surface area contributed by atoms with Gasteiger partial charge in [0, 0.05) is 41.0 Å². The lowest BCUT2D eigenvalue weighted by Crippen LogP contribution is -2.18. The molecule has 4 aromatic rings. The molecule has 30 heavy (non-hydrogen) atoms. The van der Waals surface area contributed by atoms with Gasteiger partial charge in [-0.15, -0.1) is 0 Å². The number of imidazole rings is 1. The molecule has 9 heteroatoms. The van der Waals surface area contributed by atoms with Gasteiger partial charge in [0.2, 0.25) is 5.95 Å². The van der Waals surface area contributed by atoms with Gasteiger partial charge in [-0.3, -0.25) is 9.78 Å². The summed E-state index contributed by atoms with van der Waals surface area (Å²) in [5, 5.41) is 5.72. The van der Waals surface area contributed by atoms with E-state index in [1.807, 2.05) is 23.7 Å². The van der Waals surface area contributed by atoms with Crippen LogP contribution < -0.4 is 15.4 Å². The molecule has 0 unspecified atom stereocenters. The number of aryl methyl sites for hydroxylation is 1. The highest BCUT2D eigenvalue weighted by Crippen LogP contribution is 2.29. The Bertz CT molecular complexity index is 1270. The van der Waals surface area contributed by atoms with Crippen LogP contribution in [0.5, 0.6) is 11.5 Å². The number of carbonyl (C=O) groups excluding carboxylic acids is 1. The fourth-order valence-electron chi connectivity index (χ4n) is 2.92. The molecule has 156 valence electrons. The van der Waals surface area contributed by atoms with Crippen molar-refractivity contribution >= 4 is 44.5 Å². The van der Waals surface area contributed by atoms with Gasteiger partial charge in [0.15, 0.2) is 0 Å². The van der Waals surface area contributed by atoms with Gasteiger partial charge in [-0.25, -0.2) is 9.37 Å². The van der Waals surface area contributed by atoms with Crippen LogP contribution in [0.25, 0.3) is 11.0 Å². The fraction of sp³-hybridized carbons (Fsp3) is 0.0952. The van der Waals surface area contributed by atoms with E-state index in [4.69, 9.17) is 4.74 Å². The summed E-state index contributed by atoms with van der Waals surface area (Å²) in [6, 6.07) is 13.4. The Balaban J connectivity index is 0.00000181. The molecule has 0 fully saturated rings. The Morgan fingerprint density at radius 3 is 2.73 bits per heavy atom. The van der Waals surface area contributed by atoms with Crippen LogP contribution in [0.3, 0.4) is 0 Å². The molecule has 7 nitrogen and oxygen atoms in total. The smallest absolute Gasteiger partial charge is 0.269 e. The SMILES string of the molecule is CNC(=O)c1cc(Oc2ccc3c(c2)nc(Nc2ccc(F)c(Br)c2)n3C)ccn1.[HH].[HH]. The Kier molecular flexibility index (Phi) is 5.37. The third-order valence-corrected chi connectivity index (χ3v) is 5.06. The van der Waals surface area contributed by atoms with Crippen molar-refractivity contribution in [3.8, 4) is 11.5 Å². The molecule has 2 aromatic carbocycles. The van der Waals surface area contributed by atoms with Crippen molar-refractivity contribution in [2.24, 2.45) is 7.05 Å². The first-order chi connectivity index (χ1) is 14.4. The predicted molar refractivity (Wildman–Crippen MR) is 120 cm³/mol. The molecule has 4 rings (SSSR count). The van der Waals surface area contributed by atoms with Gasteiger partial charge in [0.25, 0.3) is 5.91 Å². The average molecular weight is 474 g/mol. The van der Waals surface area contributed by atoms with Crippen molar-refractivity contribution in [2.75, 3.05) is 12.4 Å². The number of carbonyl (C=O) groups is 1. The number of rotatable bonds is 5. The number of amides is 1. The highest BCUT2D eigenvalue weighted by atomic mass is 79.9. The van der Waals surface area contributed by atoms with Crippen LogP contribution in [-0.2, 0) is 7.05 Å². The summed E-state index contributed by atoms with van der Waals surface area (Å²) in [7, 11) is 3.43. The molecule has 2 heterocycles.